The first-order chi connectivity index (χ1) is 5.70. The first-order valence-corrected chi connectivity index (χ1v) is 3.71. The van der Waals surface area contributed by atoms with Crippen LogP contribution < -0.4 is 5.73 Å². The molecule has 66 valence electrons. The van der Waals surface area contributed by atoms with Crippen LogP contribution in [0.1, 0.15) is 5.56 Å². The van der Waals surface area contributed by atoms with Gasteiger partial charge in [0.25, 0.3) is 0 Å². The van der Waals surface area contributed by atoms with Crippen molar-refractivity contribution in [3.8, 4) is 0 Å². The van der Waals surface area contributed by atoms with Gasteiger partial charge in [-0.3, -0.25) is 4.98 Å². The number of nitrogens with two attached hydrogens (primary N) is 1. The van der Waals surface area contributed by atoms with Crippen molar-refractivity contribution < 1.29 is 10.2 Å². The maximum absolute atomic E-state index is 8.69. The highest BCUT2D eigenvalue weighted by Gasteiger charge is 2.10. The van der Waals surface area contributed by atoms with Gasteiger partial charge in [-0.15, -0.1) is 0 Å². The third kappa shape index (κ3) is 2.58. The molecule has 0 fully saturated rings. The van der Waals surface area contributed by atoms with Crippen molar-refractivity contribution in [3.05, 3.63) is 30.1 Å². The van der Waals surface area contributed by atoms with Crippen molar-refractivity contribution in [3.63, 3.8) is 0 Å². The molecule has 0 saturated heterocycles. The fourth-order valence-corrected chi connectivity index (χ4v) is 0.896. The molecule has 12 heavy (non-hydrogen) atoms. The van der Waals surface area contributed by atoms with E-state index in [0.717, 1.165) is 5.56 Å². The van der Waals surface area contributed by atoms with E-state index in [1.165, 1.54) is 0 Å². The molecule has 0 radical (unpaired) electrons. The molecular weight excluding hydrogens is 156 g/mol. The summed E-state index contributed by atoms with van der Waals surface area (Å²) in [5.74, 6) is 0. The number of nitrogens with zero attached hydrogens (tertiary/aromatic N) is 1. The van der Waals surface area contributed by atoms with Crippen LogP contribution >= 0.6 is 0 Å². The summed E-state index contributed by atoms with van der Waals surface area (Å²) in [6.45, 7) is 0. The highest BCUT2D eigenvalue weighted by Crippen LogP contribution is 2.00. The van der Waals surface area contributed by atoms with Crippen LogP contribution in [0.5, 0.6) is 0 Å². The summed E-state index contributed by atoms with van der Waals surface area (Å²) in [4.78, 5) is 3.88. The van der Waals surface area contributed by atoms with Gasteiger partial charge >= 0.3 is 0 Å². The van der Waals surface area contributed by atoms with E-state index in [0.29, 0.717) is 6.42 Å². The van der Waals surface area contributed by atoms with E-state index in [-0.39, 0.29) is 0 Å². The molecule has 0 aromatic carbocycles. The summed E-state index contributed by atoms with van der Waals surface area (Å²) < 4.78 is 0. The van der Waals surface area contributed by atoms with Crippen molar-refractivity contribution in [1.82, 2.24) is 4.98 Å². The Hall–Kier alpha value is -0.970. The summed E-state index contributed by atoms with van der Waals surface area (Å²) in [7, 11) is 0. The number of hydrogen-bond donors (Lipinski definition) is 3. The maximum Gasteiger partial charge on any atom is 0.167 e. The lowest BCUT2D eigenvalue weighted by molar-refractivity contribution is -0.0577. The second-order valence-corrected chi connectivity index (χ2v) is 2.64. The van der Waals surface area contributed by atoms with E-state index in [4.69, 9.17) is 15.9 Å². The zero-order valence-corrected chi connectivity index (χ0v) is 6.59. The molecular formula is C8H12N2O2. The number of hydrogen-bond acceptors (Lipinski definition) is 4. The minimum atomic E-state index is -1.47. The van der Waals surface area contributed by atoms with Crippen LogP contribution in [0.25, 0.3) is 0 Å². The minimum Gasteiger partial charge on any atom is -0.367 e. The van der Waals surface area contributed by atoms with E-state index in [1.807, 2.05) is 6.07 Å². The number of rotatable bonds is 3. The fourth-order valence-electron chi connectivity index (χ4n) is 0.896. The lowest BCUT2D eigenvalue weighted by Gasteiger charge is -2.12. The predicted octanol–water partition coefficient (Wildman–Crippen LogP) is -0.738. The molecule has 4 nitrogen and oxygen atoms in total. The smallest absolute Gasteiger partial charge is 0.167 e. The molecule has 0 spiro atoms. The van der Waals surface area contributed by atoms with Crippen molar-refractivity contribution in [2.45, 2.75) is 18.8 Å². The molecule has 4 N–H and O–H groups in total. The third-order valence-electron chi connectivity index (χ3n) is 1.58. The second-order valence-electron chi connectivity index (χ2n) is 2.64. The van der Waals surface area contributed by atoms with Crippen LogP contribution in [-0.4, -0.2) is 27.5 Å². The van der Waals surface area contributed by atoms with Crippen LogP contribution in [0.2, 0.25) is 0 Å². The molecule has 0 aliphatic heterocycles. The Balaban J connectivity index is 2.53. The lowest BCUT2D eigenvalue weighted by Crippen LogP contribution is -2.36. The first-order valence-electron chi connectivity index (χ1n) is 3.71. The minimum absolute atomic E-state index is 0.422. The summed E-state index contributed by atoms with van der Waals surface area (Å²) in [6, 6.07) is 2.98. The average molecular weight is 168 g/mol. The maximum atomic E-state index is 8.69. The second kappa shape index (κ2) is 4.15. The van der Waals surface area contributed by atoms with E-state index in [1.54, 1.807) is 18.5 Å². The van der Waals surface area contributed by atoms with Gasteiger partial charge in [-0.25, -0.2) is 0 Å². The largest absolute Gasteiger partial charge is 0.367 e. The van der Waals surface area contributed by atoms with Gasteiger partial charge < -0.3 is 15.9 Å². The molecule has 1 aromatic rings. The molecule has 0 unspecified atom stereocenters. The normalized spacial score (nSPS) is 13.3. The highest BCUT2D eigenvalue weighted by molar-refractivity contribution is 5.10. The number of aliphatic hydroxyl groups is 2. The number of pyridine rings is 1. The zero-order chi connectivity index (χ0) is 8.97. The van der Waals surface area contributed by atoms with Gasteiger partial charge in [0, 0.05) is 12.4 Å². The average Bonchev–Trinajstić information content (AvgIpc) is 2.06. The van der Waals surface area contributed by atoms with Gasteiger partial charge in [-0.2, -0.15) is 0 Å². The van der Waals surface area contributed by atoms with Gasteiger partial charge in [0.1, 0.15) is 0 Å². The number of aliphatic hydroxyl groups excluding tert-OH is 1. The van der Waals surface area contributed by atoms with Gasteiger partial charge in [0.05, 0.1) is 6.04 Å². The van der Waals surface area contributed by atoms with Crippen molar-refractivity contribution in [2.24, 2.45) is 5.73 Å². The van der Waals surface area contributed by atoms with Crippen LogP contribution in [-0.2, 0) is 6.42 Å². The fraction of sp³-hybridized carbons (Fsp3) is 0.375. The molecule has 1 atom stereocenters. The van der Waals surface area contributed by atoms with Crippen molar-refractivity contribution in [1.29, 1.82) is 0 Å². The molecule has 0 saturated carbocycles. The molecule has 0 aliphatic rings. The summed E-state index contributed by atoms with van der Waals surface area (Å²) in [5, 5.41) is 17.4. The summed E-state index contributed by atoms with van der Waals surface area (Å²) in [5.41, 5.74) is 6.32. The Morgan fingerprint density at radius 3 is 2.75 bits per heavy atom. The van der Waals surface area contributed by atoms with Crippen LogP contribution in [0.4, 0.5) is 0 Å². The monoisotopic (exact) mass is 168 g/mol. The van der Waals surface area contributed by atoms with Gasteiger partial charge in [0.2, 0.25) is 0 Å². The predicted molar refractivity (Wildman–Crippen MR) is 44.1 cm³/mol. The van der Waals surface area contributed by atoms with Gasteiger partial charge in [0.15, 0.2) is 6.29 Å². The summed E-state index contributed by atoms with van der Waals surface area (Å²) in [6.07, 6.45) is 2.27. The van der Waals surface area contributed by atoms with E-state index < -0.39 is 12.3 Å². The Morgan fingerprint density at radius 1 is 1.50 bits per heavy atom. The quantitative estimate of drug-likeness (QED) is 0.519. The highest BCUT2D eigenvalue weighted by atomic mass is 16.5. The Bertz CT molecular complexity index is 226. The van der Waals surface area contributed by atoms with Crippen molar-refractivity contribution in [2.75, 3.05) is 0 Å². The topological polar surface area (TPSA) is 79.4 Å². The lowest BCUT2D eigenvalue weighted by atomic mass is 10.1. The SMILES string of the molecule is N[C@H](Cc1cccnc1)C(O)O. The Morgan fingerprint density at radius 2 is 2.25 bits per heavy atom. The number of aromatic nitrogens is 1. The zero-order valence-electron chi connectivity index (χ0n) is 6.59. The third-order valence-corrected chi connectivity index (χ3v) is 1.58. The summed E-state index contributed by atoms with van der Waals surface area (Å²) >= 11 is 0. The van der Waals surface area contributed by atoms with Crippen LogP contribution in [0.3, 0.4) is 0 Å². The molecule has 0 aliphatic carbocycles. The Kier molecular flexibility index (Phi) is 3.16. The van der Waals surface area contributed by atoms with Crippen molar-refractivity contribution >= 4 is 0 Å². The van der Waals surface area contributed by atoms with E-state index in [2.05, 4.69) is 4.98 Å². The molecule has 1 aromatic heterocycles. The standard InChI is InChI=1S/C8H12N2O2/c9-7(8(11)12)4-6-2-1-3-10-5-6/h1-3,5,7-8,11-12H,4,9H2/t7-/m1/s1. The molecule has 0 bridgehead atoms. The molecule has 1 heterocycles. The molecule has 0 amide bonds. The molecule has 1 rings (SSSR count). The van der Waals surface area contributed by atoms with Gasteiger partial charge in [-0.05, 0) is 18.1 Å². The Labute approximate surface area is 70.7 Å². The van der Waals surface area contributed by atoms with E-state index >= 15 is 0 Å². The van der Waals surface area contributed by atoms with E-state index in [9.17, 15) is 0 Å². The van der Waals surface area contributed by atoms with Gasteiger partial charge in [-0.1, -0.05) is 6.07 Å². The van der Waals surface area contributed by atoms with Crippen LogP contribution in [0, 0.1) is 0 Å². The molecule has 4 heteroatoms. The van der Waals surface area contributed by atoms with Crippen LogP contribution in [0.15, 0.2) is 24.5 Å². The first kappa shape index (κ1) is 9.12.